The molecule has 0 amide bonds. The first-order valence-corrected chi connectivity index (χ1v) is 7.94. The Kier molecular flexibility index (Phi) is 4.11. The summed E-state index contributed by atoms with van der Waals surface area (Å²) in [5.41, 5.74) is 1.29. The minimum atomic E-state index is -3.81. The highest BCUT2D eigenvalue weighted by Crippen LogP contribution is 2.23. The summed E-state index contributed by atoms with van der Waals surface area (Å²) in [6.07, 6.45) is 0. The van der Waals surface area contributed by atoms with Gasteiger partial charge >= 0.3 is 0 Å². The smallest absolute Gasteiger partial charge is 0.281 e. The normalized spacial score (nSPS) is 11.5. The van der Waals surface area contributed by atoms with Crippen LogP contribution in [0.3, 0.4) is 0 Å². The summed E-state index contributed by atoms with van der Waals surface area (Å²) >= 11 is 2.04. The molecule has 0 saturated heterocycles. The van der Waals surface area contributed by atoms with Gasteiger partial charge in [0.25, 0.3) is 10.0 Å². The van der Waals surface area contributed by atoms with E-state index in [0.717, 1.165) is 3.57 Å². The topological polar surface area (TPSA) is 95.1 Å². The molecule has 0 aliphatic rings. The number of nitrogens with one attached hydrogen (secondary N) is 2. The molecule has 1 aromatic carbocycles. The zero-order valence-corrected chi connectivity index (χ0v) is 13.0. The Balaban J connectivity index is 2.41. The number of sulfonamides is 1. The van der Waals surface area contributed by atoms with Crippen molar-refractivity contribution in [3.8, 4) is 0 Å². The SMILES string of the molecule is Cc1[nH]nc(S(=O)(=O)Nc2ccccc2I)c1CO. The fourth-order valence-electron chi connectivity index (χ4n) is 1.58. The number of aromatic amines is 1. The van der Waals surface area contributed by atoms with Crippen molar-refractivity contribution in [2.45, 2.75) is 18.6 Å². The lowest BCUT2D eigenvalue weighted by Crippen LogP contribution is -2.16. The molecule has 0 radical (unpaired) electrons. The van der Waals surface area contributed by atoms with Crippen LogP contribution in [0, 0.1) is 10.5 Å². The maximum Gasteiger partial charge on any atom is 0.281 e. The van der Waals surface area contributed by atoms with Crippen molar-refractivity contribution < 1.29 is 13.5 Å². The molecule has 6 nitrogen and oxygen atoms in total. The first-order valence-electron chi connectivity index (χ1n) is 5.37. The minimum absolute atomic E-state index is 0.174. The number of aromatic nitrogens is 2. The number of aliphatic hydroxyl groups is 1. The zero-order valence-electron chi connectivity index (χ0n) is 10.0. The molecule has 2 aromatic rings. The van der Waals surface area contributed by atoms with Crippen LogP contribution < -0.4 is 4.72 Å². The van der Waals surface area contributed by atoms with E-state index in [0.29, 0.717) is 11.4 Å². The van der Waals surface area contributed by atoms with Gasteiger partial charge in [-0.3, -0.25) is 9.82 Å². The second-order valence-corrected chi connectivity index (χ2v) is 6.64. The van der Waals surface area contributed by atoms with Gasteiger partial charge in [0.2, 0.25) is 5.03 Å². The van der Waals surface area contributed by atoms with Crippen LogP contribution in [-0.4, -0.2) is 23.7 Å². The van der Waals surface area contributed by atoms with Crippen molar-refractivity contribution in [1.82, 2.24) is 10.2 Å². The molecule has 3 N–H and O–H groups in total. The van der Waals surface area contributed by atoms with E-state index < -0.39 is 10.0 Å². The number of nitrogens with zero attached hydrogens (tertiary/aromatic N) is 1. The average Bonchev–Trinajstić information content (AvgIpc) is 2.74. The Morgan fingerprint density at radius 2 is 2.11 bits per heavy atom. The number of hydrogen-bond acceptors (Lipinski definition) is 4. The number of halogens is 1. The van der Waals surface area contributed by atoms with E-state index in [1.54, 1.807) is 25.1 Å². The average molecular weight is 393 g/mol. The third-order valence-electron chi connectivity index (χ3n) is 2.57. The highest BCUT2D eigenvalue weighted by molar-refractivity contribution is 14.1. The Bertz CT molecular complexity index is 697. The summed E-state index contributed by atoms with van der Waals surface area (Å²) in [4.78, 5) is 0. The molecular weight excluding hydrogens is 381 g/mol. The second kappa shape index (κ2) is 5.47. The zero-order chi connectivity index (χ0) is 14.0. The molecule has 0 spiro atoms. The van der Waals surface area contributed by atoms with Crippen molar-refractivity contribution in [1.29, 1.82) is 0 Å². The van der Waals surface area contributed by atoms with Crippen molar-refractivity contribution in [2.75, 3.05) is 4.72 Å². The third kappa shape index (κ3) is 2.90. The fourth-order valence-corrected chi connectivity index (χ4v) is 3.55. The summed E-state index contributed by atoms with van der Waals surface area (Å²) < 4.78 is 27.7. The Morgan fingerprint density at radius 3 is 2.74 bits per heavy atom. The molecule has 0 saturated carbocycles. The summed E-state index contributed by atoms with van der Waals surface area (Å²) in [6.45, 7) is 1.27. The third-order valence-corrected chi connectivity index (χ3v) is 4.84. The highest BCUT2D eigenvalue weighted by atomic mass is 127. The van der Waals surface area contributed by atoms with Crippen LogP contribution in [-0.2, 0) is 16.6 Å². The van der Waals surface area contributed by atoms with E-state index >= 15 is 0 Å². The first kappa shape index (κ1) is 14.3. The predicted octanol–water partition coefficient (Wildman–Crippen LogP) is 1.62. The molecule has 1 heterocycles. The Hall–Kier alpha value is -1.13. The van der Waals surface area contributed by atoms with Gasteiger partial charge < -0.3 is 5.11 Å². The number of rotatable bonds is 4. The molecule has 0 bridgehead atoms. The number of anilines is 1. The predicted molar refractivity (Wildman–Crippen MR) is 79.2 cm³/mol. The number of aryl methyl sites for hydroxylation is 1. The molecule has 0 unspecified atom stereocenters. The molecule has 2 rings (SSSR count). The number of benzene rings is 1. The molecular formula is C11H12IN3O3S. The second-order valence-electron chi connectivity index (χ2n) is 3.88. The Labute approximate surface area is 124 Å². The van der Waals surface area contributed by atoms with E-state index in [4.69, 9.17) is 0 Å². The lowest BCUT2D eigenvalue weighted by Gasteiger charge is -2.08. The number of hydrogen-bond donors (Lipinski definition) is 3. The van der Waals surface area contributed by atoms with Crippen molar-refractivity contribution >= 4 is 38.3 Å². The summed E-state index contributed by atoms with van der Waals surface area (Å²) in [7, 11) is -3.81. The van der Waals surface area contributed by atoms with Gasteiger partial charge in [0, 0.05) is 14.8 Å². The monoisotopic (exact) mass is 393 g/mol. The Morgan fingerprint density at radius 1 is 1.42 bits per heavy atom. The van der Waals surface area contributed by atoms with Crippen LogP contribution in [0.2, 0.25) is 0 Å². The molecule has 19 heavy (non-hydrogen) atoms. The molecule has 0 aliphatic heterocycles. The van der Waals surface area contributed by atoms with Crippen LogP contribution in [0.25, 0.3) is 0 Å². The number of para-hydroxylation sites is 1. The molecule has 0 aliphatic carbocycles. The summed E-state index contributed by atoms with van der Waals surface area (Å²) in [5.74, 6) is 0. The van der Waals surface area contributed by atoms with Crippen molar-refractivity contribution in [3.05, 3.63) is 39.1 Å². The van der Waals surface area contributed by atoms with Gasteiger partial charge in [-0.15, -0.1) is 0 Å². The van der Waals surface area contributed by atoms with Gasteiger partial charge in [-0.25, -0.2) is 0 Å². The quantitative estimate of drug-likeness (QED) is 0.688. The van der Waals surface area contributed by atoms with E-state index in [1.807, 2.05) is 28.7 Å². The van der Waals surface area contributed by atoms with E-state index in [2.05, 4.69) is 14.9 Å². The molecule has 102 valence electrons. The van der Waals surface area contributed by atoms with Crippen LogP contribution in [0.4, 0.5) is 5.69 Å². The summed E-state index contributed by atoms with van der Waals surface area (Å²) in [6, 6.07) is 7.01. The van der Waals surface area contributed by atoms with E-state index in [1.165, 1.54) is 0 Å². The van der Waals surface area contributed by atoms with E-state index in [9.17, 15) is 13.5 Å². The van der Waals surface area contributed by atoms with Crippen LogP contribution in [0.15, 0.2) is 29.3 Å². The standard InChI is InChI=1S/C11H12IN3O3S/c1-7-8(6-16)11(14-13-7)19(17,18)15-10-5-3-2-4-9(10)12/h2-5,15-16H,6H2,1H3,(H,13,14). The number of H-pyrrole nitrogens is 1. The van der Waals surface area contributed by atoms with Gasteiger partial charge in [0.15, 0.2) is 0 Å². The maximum absolute atomic E-state index is 12.2. The largest absolute Gasteiger partial charge is 0.392 e. The van der Waals surface area contributed by atoms with Gasteiger partial charge in [-0.2, -0.15) is 13.5 Å². The first-order chi connectivity index (χ1) is 8.95. The summed E-state index contributed by atoms with van der Waals surface area (Å²) in [5, 5.41) is 15.4. The van der Waals surface area contributed by atoms with Gasteiger partial charge in [-0.05, 0) is 41.6 Å². The van der Waals surface area contributed by atoms with Crippen molar-refractivity contribution in [2.24, 2.45) is 0 Å². The van der Waals surface area contributed by atoms with Gasteiger partial charge in [0.1, 0.15) is 0 Å². The molecule has 0 fully saturated rings. The lowest BCUT2D eigenvalue weighted by atomic mass is 10.3. The van der Waals surface area contributed by atoms with Crippen molar-refractivity contribution in [3.63, 3.8) is 0 Å². The van der Waals surface area contributed by atoms with Gasteiger partial charge in [0.05, 0.1) is 12.3 Å². The van der Waals surface area contributed by atoms with Crippen LogP contribution in [0.1, 0.15) is 11.3 Å². The number of aliphatic hydroxyl groups excluding tert-OH is 1. The fraction of sp³-hybridized carbons (Fsp3) is 0.182. The lowest BCUT2D eigenvalue weighted by molar-refractivity contribution is 0.277. The maximum atomic E-state index is 12.2. The molecule has 0 atom stereocenters. The minimum Gasteiger partial charge on any atom is -0.392 e. The molecule has 8 heteroatoms. The molecule has 1 aromatic heterocycles. The van der Waals surface area contributed by atoms with Crippen LogP contribution in [0.5, 0.6) is 0 Å². The van der Waals surface area contributed by atoms with Crippen LogP contribution >= 0.6 is 22.6 Å². The highest BCUT2D eigenvalue weighted by Gasteiger charge is 2.24. The van der Waals surface area contributed by atoms with E-state index in [-0.39, 0.29) is 17.2 Å². The van der Waals surface area contributed by atoms with Gasteiger partial charge in [-0.1, -0.05) is 12.1 Å².